The van der Waals surface area contributed by atoms with Crippen LogP contribution in [0.3, 0.4) is 0 Å². The molecule has 0 aliphatic heterocycles. The number of Topliss-reactive ketones (excluding diaryl/α,β-unsaturated/α-hetero) is 1. The molecular formula is C38H40F2N4O8S. The standard InChI is InChI=1S/C38H40F2N4O8S/c1-23(2)52-37(48)32(19-25-9-13-28(14-10-25)44-34(46)17-18-43(3)38(44)49)41-36(47)35-30(39)21-27(22-31(35)40)42-53(50,51)29-15-11-26(12-16-29)33(45)20-24-7-5-4-6-8-24/h9-18,21-24,32,42H,4-8,19-20H2,1-3H3,(H,41,47)/t32-/m0/s1. The summed E-state index contributed by atoms with van der Waals surface area (Å²) in [5.41, 5.74) is -1.63. The number of nitrogens with zero attached hydrogens (tertiary/aromatic N) is 2. The molecule has 0 bridgehead atoms. The van der Waals surface area contributed by atoms with E-state index in [-0.39, 0.29) is 22.8 Å². The molecule has 1 atom stereocenters. The quantitative estimate of drug-likeness (QED) is 0.142. The van der Waals surface area contributed by atoms with Gasteiger partial charge in [-0.05, 0) is 61.7 Å². The van der Waals surface area contributed by atoms with Gasteiger partial charge in [0.05, 0.1) is 22.4 Å². The Morgan fingerprint density at radius 3 is 2.13 bits per heavy atom. The summed E-state index contributed by atoms with van der Waals surface area (Å²) in [6.45, 7) is 3.16. The molecule has 0 unspecified atom stereocenters. The van der Waals surface area contributed by atoms with Crippen LogP contribution in [-0.4, -0.2) is 47.4 Å². The van der Waals surface area contributed by atoms with E-state index in [2.05, 4.69) is 10.0 Å². The Morgan fingerprint density at radius 1 is 0.906 bits per heavy atom. The molecule has 1 saturated carbocycles. The summed E-state index contributed by atoms with van der Waals surface area (Å²) in [4.78, 5) is 63.5. The summed E-state index contributed by atoms with van der Waals surface area (Å²) in [6.07, 6.45) is 6.25. The van der Waals surface area contributed by atoms with Crippen molar-refractivity contribution < 1.29 is 36.3 Å². The molecule has 15 heteroatoms. The summed E-state index contributed by atoms with van der Waals surface area (Å²) >= 11 is 0. The molecule has 0 radical (unpaired) electrons. The maximum absolute atomic E-state index is 15.3. The van der Waals surface area contributed by atoms with Crippen LogP contribution in [0.5, 0.6) is 0 Å². The van der Waals surface area contributed by atoms with Gasteiger partial charge in [-0.1, -0.05) is 56.4 Å². The number of hydrogen-bond donors (Lipinski definition) is 2. The topological polar surface area (TPSA) is 163 Å². The van der Waals surface area contributed by atoms with Gasteiger partial charge in [-0.3, -0.25) is 19.1 Å². The van der Waals surface area contributed by atoms with Crippen LogP contribution in [0.2, 0.25) is 0 Å². The lowest BCUT2D eigenvalue weighted by Crippen LogP contribution is -2.44. The van der Waals surface area contributed by atoms with Crippen molar-refractivity contribution in [1.82, 2.24) is 14.5 Å². The first-order valence-electron chi connectivity index (χ1n) is 17.2. The van der Waals surface area contributed by atoms with Gasteiger partial charge < -0.3 is 14.6 Å². The Hall–Kier alpha value is -5.44. The number of sulfonamides is 1. The van der Waals surface area contributed by atoms with E-state index in [0.717, 1.165) is 36.7 Å². The number of esters is 1. The molecule has 1 fully saturated rings. The van der Waals surface area contributed by atoms with E-state index in [9.17, 15) is 32.4 Å². The van der Waals surface area contributed by atoms with Crippen molar-refractivity contribution in [2.75, 3.05) is 4.72 Å². The van der Waals surface area contributed by atoms with Crippen LogP contribution in [0, 0.1) is 17.6 Å². The number of aromatic nitrogens is 2. The highest BCUT2D eigenvalue weighted by molar-refractivity contribution is 7.92. The number of benzene rings is 3. The molecule has 1 aliphatic rings. The van der Waals surface area contributed by atoms with Gasteiger partial charge in [0.2, 0.25) is 0 Å². The highest BCUT2D eigenvalue weighted by Crippen LogP contribution is 2.28. The fraction of sp³-hybridized carbons (Fsp3) is 0.342. The first-order chi connectivity index (χ1) is 25.1. The zero-order valence-corrected chi connectivity index (χ0v) is 30.3. The van der Waals surface area contributed by atoms with Crippen LogP contribution in [0.1, 0.15) is 78.7 Å². The van der Waals surface area contributed by atoms with Gasteiger partial charge in [0.15, 0.2) is 5.78 Å². The number of anilines is 1. The minimum Gasteiger partial charge on any atom is -0.461 e. The second-order valence-electron chi connectivity index (χ2n) is 13.3. The van der Waals surface area contributed by atoms with Crippen molar-refractivity contribution in [2.24, 2.45) is 13.0 Å². The van der Waals surface area contributed by atoms with E-state index in [4.69, 9.17) is 4.74 Å². The molecule has 2 N–H and O–H groups in total. The lowest BCUT2D eigenvalue weighted by atomic mass is 9.85. The summed E-state index contributed by atoms with van der Waals surface area (Å²) < 4.78 is 66.3. The highest BCUT2D eigenvalue weighted by atomic mass is 32.2. The molecule has 53 heavy (non-hydrogen) atoms. The second kappa shape index (κ2) is 16.5. The van der Waals surface area contributed by atoms with E-state index >= 15 is 8.78 Å². The number of nitrogens with one attached hydrogen (secondary N) is 2. The lowest BCUT2D eigenvalue weighted by Gasteiger charge is -2.20. The Balaban J connectivity index is 1.29. The molecule has 1 amide bonds. The maximum Gasteiger partial charge on any atom is 0.335 e. The zero-order chi connectivity index (χ0) is 38.4. The number of ketones is 1. The predicted octanol–water partition coefficient (Wildman–Crippen LogP) is 5.06. The Morgan fingerprint density at radius 2 is 1.53 bits per heavy atom. The monoisotopic (exact) mass is 750 g/mol. The number of ether oxygens (including phenoxy) is 1. The first-order valence-corrected chi connectivity index (χ1v) is 18.7. The number of amides is 1. The van der Waals surface area contributed by atoms with Gasteiger partial charge in [0.1, 0.15) is 23.2 Å². The molecule has 12 nitrogen and oxygen atoms in total. The second-order valence-corrected chi connectivity index (χ2v) is 15.0. The number of rotatable bonds is 13. The molecule has 3 aromatic carbocycles. The first kappa shape index (κ1) is 38.8. The van der Waals surface area contributed by atoms with Crippen LogP contribution in [0.25, 0.3) is 5.69 Å². The fourth-order valence-electron chi connectivity index (χ4n) is 6.21. The van der Waals surface area contributed by atoms with Crippen molar-refractivity contribution in [3.63, 3.8) is 0 Å². The molecular weight excluding hydrogens is 711 g/mol. The van der Waals surface area contributed by atoms with Gasteiger partial charge in [0, 0.05) is 37.7 Å². The number of carbonyl (C=O) groups excluding carboxylic acids is 3. The number of carbonyl (C=O) groups is 3. The SMILES string of the molecule is CC(C)OC(=O)[C@H](Cc1ccc(-n2c(=O)ccn(C)c2=O)cc1)NC(=O)c1c(F)cc(NS(=O)(=O)c2ccc(C(=O)CC3CCCCC3)cc2)cc1F. The van der Waals surface area contributed by atoms with E-state index in [1.54, 1.807) is 13.8 Å². The number of hydrogen-bond acceptors (Lipinski definition) is 8. The third-order valence-electron chi connectivity index (χ3n) is 8.94. The minimum atomic E-state index is -4.35. The smallest absolute Gasteiger partial charge is 0.335 e. The van der Waals surface area contributed by atoms with Crippen molar-refractivity contribution in [1.29, 1.82) is 0 Å². The normalized spacial score (nSPS) is 14.1. The average molecular weight is 751 g/mol. The summed E-state index contributed by atoms with van der Waals surface area (Å²) in [7, 11) is -2.86. The molecule has 1 aliphatic carbocycles. The van der Waals surface area contributed by atoms with Gasteiger partial charge in [-0.2, -0.15) is 0 Å². The van der Waals surface area contributed by atoms with Crippen molar-refractivity contribution >= 4 is 33.4 Å². The number of aryl methyl sites for hydroxylation is 1. The summed E-state index contributed by atoms with van der Waals surface area (Å²) in [5.74, 6) is -4.78. The van der Waals surface area contributed by atoms with Gasteiger partial charge >= 0.3 is 11.7 Å². The zero-order valence-electron chi connectivity index (χ0n) is 29.4. The van der Waals surface area contributed by atoms with Crippen LogP contribution >= 0.6 is 0 Å². The van der Waals surface area contributed by atoms with Crippen molar-refractivity contribution in [3.05, 3.63) is 122 Å². The Kier molecular flexibility index (Phi) is 12.1. The van der Waals surface area contributed by atoms with Crippen molar-refractivity contribution in [3.8, 4) is 5.69 Å². The van der Waals surface area contributed by atoms with Crippen LogP contribution < -0.4 is 21.3 Å². The predicted molar refractivity (Wildman–Crippen MR) is 193 cm³/mol. The molecule has 0 saturated heterocycles. The van der Waals surface area contributed by atoms with E-state index in [1.807, 2.05) is 0 Å². The summed E-state index contributed by atoms with van der Waals surface area (Å²) in [6, 6.07) is 12.3. The molecule has 0 spiro atoms. The van der Waals surface area contributed by atoms with Crippen molar-refractivity contribution in [2.45, 2.75) is 75.8 Å². The Labute approximate surface area is 304 Å². The lowest BCUT2D eigenvalue weighted by molar-refractivity contribution is -0.149. The molecule has 5 rings (SSSR count). The van der Waals surface area contributed by atoms with Gasteiger partial charge in [-0.25, -0.2) is 31.4 Å². The maximum atomic E-state index is 15.3. The molecule has 280 valence electrons. The highest BCUT2D eigenvalue weighted by Gasteiger charge is 2.28. The summed E-state index contributed by atoms with van der Waals surface area (Å²) in [5, 5.41) is 2.31. The Bertz CT molecular complexity index is 2200. The van der Waals surface area contributed by atoms with E-state index in [1.165, 1.54) is 72.4 Å². The van der Waals surface area contributed by atoms with Gasteiger partial charge in [0.25, 0.3) is 21.5 Å². The van der Waals surface area contributed by atoms with E-state index in [0.29, 0.717) is 35.6 Å². The third kappa shape index (κ3) is 9.52. The van der Waals surface area contributed by atoms with E-state index < -0.39 is 68.2 Å². The molecule has 4 aromatic rings. The fourth-order valence-corrected chi connectivity index (χ4v) is 7.25. The molecule has 1 heterocycles. The number of halogens is 2. The average Bonchev–Trinajstić information content (AvgIpc) is 3.10. The third-order valence-corrected chi connectivity index (χ3v) is 10.3. The van der Waals surface area contributed by atoms with Crippen LogP contribution in [0.4, 0.5) is 14.5 Å². The van der Waals surface area contributed by atoms with Gasteiger partial charge in [-0.15, -0.1) is 0 Å². The largest absolute Gasteiger partial charge is 0.461 e. The molecule has 1 aromatic heterocycles. The van der Waals surface area contributed by atoms with Crippen LogP contribution in [-0.2, 0) is 33.0 Å². The van der Waals surface area contributed by atoms with Crippen LogP contribution in [0.15, 0.2) is 87.4 Å². The minimum absolute atomic E-state index is 0.0845.